The number of nitrogen functional groups attached to an aromatic ring is 1. The maximum absolute atomic E-state index is 12.9. The summed E-state index contributed by atoms with van der Waals surface area (Å²) < 4.78 is 47.9. The zero-order chi connectivity index (χ0) is 25.1. The Morgan fingerprint density at radius 1 is 1.06 bits per heavy atom. The Hall–Kier alpha value is -2.91. The normalized spacial score (nSPS) is 12.9. The summed E-state index contributed by atoms with van der Waals surface area (Å²) in [5.41, 5.74) is 8.93. The predicted molar refractivity (Wildman–Crippen MR) is 129 cm³/mol. The van der Waals surface area contributed by atoms with Gasteiger partial charge in [0.05, 0.1) is 16.8 Å². The number of Topliss-reactive ketones (excluding diaryl/α,β-unsaturated/α-hetero) is 1. The molecule has 0 saturated carbocycles. The molecule has 0 unspecified atom stereocenters. The molecular weight excluding hydrogens is 477 g/mol. The minimum Gasteiger partial charge on any atom is -0.382 e. The van der Waals surface area contributed by atoms with Crippen molar-refractivity contribution >= 4 is 29.0 Å². The van der Waals surface area contributed by atoms with Crippen LogP contribution in [0.4, 0.5) is 5.82 Å². The number of nitrogens with two attached hydrogens (primary N) is 1. The summed E-state index contributed by atoms with van der Waals surface area (Å²) in [7, 11) is -5.58. The number of hydrogen-bond acceptors (Lipinski definition) is 9. The fourth-order valence-electron chi connectivity index (χ4n) is 3.27. The van der Waals surface area contributed by atoms with Crippen LogP contribution in [-0.2, 0) is 29.9 Å². The Morgan fingerprint density at radius 2 is 1.65 bits per heavy atom. The molecule has 3 rings (SSSR count). The van der Waals surface area contributed by atoms with Crippen molar-refractivity contribution in [3.63, 3.8) is 0 Å². The summed E-state index contributed by atoms with van der Waals surface area (Å²) in [6.07, 6.45) is 1.46. The third-order valence-corrected chi connectivity index (χ3v) is 10.8. The first-order valence-corrected chi connectivity index (χ1v) is 13.4. The minimum atomic E-state index is -4.00. The number of hydrogen-bond donors (Lipinski definition) is 1. The number of ketones is 1. The summed E-state index contributed by atoms with van der Waals surface area (Å²) in [4.78, 5) is 19.9. The molecule has 1 atom stereocenters. The third-order valence-electron chi connectivity index (χ3n) is 5.43. The van der Waals surface area contributed by atoms with Crippen molar-refractivity contribution in [1.82, 2.24) is 9.97 Å². The highest BCUT2D eigenvalue weighted by Gasteiger charge is 2.41. The minimum absolute atomic E-state index is 0.0174. The number of anilines is 1. The lowest BCUT2D eigenvalue weighted by Crippen LogP contribution is -2.20. The van der Waals surface area contributed by atoms with Crippen LogP contribution in [0.25, 0.3) is 11.3 Å². The molecule has 3 aromatic rings. The molecule has 0 aliphatic carbocycles. The van der Waals surface area contributed by atoms with Crippen LogP contribution in [0.2, 0.25) is 0 Å². The lowest BCUT2D eigenvalue weighted by Gasteiger charge is -2.21. The maximum atomic E-state index is 12.9. The van der Waals surface area contributed by atoms with Crippen molar-refractivity contribution in [2.24, 2.45) is 0 Å². The van der Waals surface area contributed by atoms with Gasteiger partial charge in [0.2, 0.25) is 0 Å². The van der Waals surface area contributed by atoms with Crippen LogP contribution in [0.1, 0.15) is 28.5 Å². The fraction of sp³-hybridized carbons (Fsp3) is 0.261. The van der Waals surface area contributed by atoms with E-state index in [1.165, 1.54) is 37.4 Å². The van der Waals surface area contributed by atoms with Crippen molar-refractivity contribution in [2.45, 2.75) is 30.2 Å². The molecule has 11 heteroatoms. The highest BCUT2D eigenvalue weighted by atomic mass is 32.2. The average molecular weight is 504 g/mol. The van der Waals surface area contributed by atoms with E-state index in [0.29, 0.717) is 11.3 Å². The van der Waals surface area contributed by atoms with E-state index in [4.69, 9.17) is 14.8 Å². The molecule has 2 aromatic carbocycles. The lowest BCUT2D eigenvalue weighted by molar-refractivity contribution is 0.0989. The molecule has 0 radical (unpaired) electrons. The van der Waals surface area contributed by atoms with Gasteiger partial charge >= 0.3 is 7.60 Å². The van der Waals surface area contributed by atoms with Gasteiger partial charge in [-0.15, -0.1) is 0 Å². The second-order valence-electron chi connectivity index (χ2n) is 7.65. The molecule has 0 spiro atoms. The van der Waals surface area contributed by atoms with Gasteiger partial charge in [-0.25, -0.2) is 18.4 Å². The van der Waals surface area contributed by atoms with Crippen molar-refractivity contribution in [3.8, 4) is 11.3 Å². The predicted octanol–water partition coefficient (Wildman–Crippen LogP) is 4.07. The van der Waals surface area contributed by atoms with E-state index in [1.54, 1.807) is 0 Å². The molecule has 1 heterocycles. The van der Waals surface area contributed by atoms with E-state index < -0.39 is 22.4 Å². The van der Waals surface area contributed by atoms with Gasteiger partial charge in [-0.3, -0.25) is 9.36 Å². The molecule has 0 fully saturated rings. The molecule has 0 bridgehead atoms. The molecule has 34 heavy (non-hydrogen) atoms. The number of nitrogens with zero attached hydrogens (tertiary/aromatic N) is 2. The number of aromatic nitrogens is 2. The van der Waals surface area contributed by atoms with Gasteiger partial charge in [0.1, 0.15) is 5.69 Å². The highest BCUT2D eigenvalue weighted by molar-refractivity contribution is 7.98. The van der Waals surface area contributed by atoms with Gasteiger partial charge in [-0.2, -0.15) is 0 Å². The number of carbonyl (C=O) groups excluding carboxylic acids is 1. The van der Waals surface area contributed by atoms with Crippen LogP contribution < -0.4 is 5.73 Å². The van der Waals surface area contributed by atoms with Gasteiger partial charge in [0, 0.05) is 26.2 Å². The van der Waals surface area contributed by atoms with E-state index in [2.05, 4.69) is 9.97 Å². The van der Waals surface area contributed by atoms with E-state index >= 15 is 0 Å². The van der Waals surface area contributed by atoms with E-state index in [9.17, 15) is 17.8 Å². The highest BCUT2D eigenvalue weighted by Crippen LogP contribution is 2.54. The van der Waals surface area contributed by atoms with Crippen molar-refractivity contribution in [1.29, 1.82) is 0 Å². The summed E-state index contributed by atoms with van der Waals surface area (Å²) in [5.74, 6) is -0.338. The first kappa shape index (κ1) is 25.7. The third kappa shape index (κ3) is 5.26. The van der Waals surface area contributed by atoms with E-state index in [0.717, 1.165) is 25.3 Å². The second-order valence-corrected chi connectivity index (χ2v) is 12.9. The lowest BCUT2D eigenvalue weighted by atomic mass is 10.1. The van der Waals surface area contributed by atoms with E-state index in [1.807, 2.05) is 31.2 Å². The van der Waals surface area contributed by atoms with Crippen LogP contribution in [0.15, 0.2) is 59.6 Å². The molecule has 0 amide bonds. The number of aryl methyl sites for hydroxylation is 1. The Morgan fingerprint density at radius 3 is 2.21 bits per heavy atom. The number of rotatable bonds is 9. The topological polar surface area (TPSA) is 139 Å². The first-order valence-electron chi connectivity index (χ1n) is 10.3. The molecule has 1 aromatic heterocycles. The first-order chi connectivity index (χ1) is 16.0. The van der Waals surface area contributed by atoms with Crippen LogP contribution in [0, 0.1) is 6.92 Å². The van der Waals surface area contributed by atoms with Crippen molar-refractivity contribution in [3.05, 3.63) is 71.5 Å². The quantitative estimate of drug-likeness (QED) is 0.338. The molecule has 9 nitrogen and oxygen atoms in total. The molecule has 0 aliphatic heterocycles. The fourth-order valence-corrected chi connectivity index (χ4v) is 7.16. The van der Waals surface area contributed by atoms with Crippen LogP contribution in [0.3, 0.4) is 0 Å². The van der Waals surface area contributed by atoms with Gasteiger partial charge < -0.3 is 14.8 Å². The Labute approximate surface area is 198 Å². The monoisotopic (exact) mass is 503 g/mol. The molecule has 180 valence electrons. The zero-order valence-electron chi connectivity index (χ0n) is 19.3. The van der Waals surface area contributed by atoms with Gasteiger partial charge in [-0.1, -0.05) is 42.0 Å². The van der Waals surface area contributed by atoms with Crippen molar-refractivity contribution in [2.75, 3.05) is 20.0 Å². The van der Waals surface area contributed by atoms with E-state index in [-0.39, 0.29) is 28.6 Å². The standard InChI is InChI=1S/C23H26N3O6PS/c1-15-5-9-18(10-6-15)20-14-25-23(24)22(26-20)21(27)13-17-7-11-19(12-8-17)34(29,30)16(2)33(28,31-3)32-4/h5-12,14,16H,13H2,1-4H3,(H2,24,25)/t16-/m1/s1. The molecule has 0 saturated heterocycles. The zero-order valence-corrected chi connectivity index (χ0v) is 21.0. The smallest absolute Gasteiger partial charge is 0.348 e. The SMILES string of the molecule is COP(=O)(OC)[C@@H](C)S(=O)(=O)c1ccc(CC(=O)c2nc(-c3ccc(C)cc3)cnc2N)cc1. The average Bonchev–Trinajstić information content (AvgIpc) is 2.84. The van der Waals surface area contributed by atoms with Gasteiger partial charge in [-0.05, 0) is 31.5 Å². The number of benzene rings is 2. The Bertz CT molecular complexity index is 1330. The summed E-state index contributed by atoms with van der Waals surface area (Å²) >= 11 is 0. The Kier molecular flexibility index (Phi) is 7.67. The van der Waals surface area contributed by atoms with Crippen LogP contribution >= 0.6 is 7.60 Å². The molecule has 0 aliphatic rings. The Balaban J connectivity index is 1.82. The van der Waals surface area contributed by atoms with Crippen molar-refractivity contribution < 1.29 is 26.8 Å². The summed E-state index contributed by atoms with van der Waals surface area (Å²) in [6.45, 7) is 3.24. The number of carbonyl (C=O) groups is 1. The summed E-state index contributed by atoms with van der Waals surface area (Å²) in [6, 6.07) is 13.4. The van der Waals surface area contributed by atoms with Gasteiger partial charge in [0.15, 0.2) is 26.4 Å². The van der Waals surface area contributed by atoms with Crippen LogP contribution in [0.5, 0.6) is 0 Å². The van der Waals surface area contributed by atoms with Crippen LogP contribution in [-0.4, -0.2) is 43.4 Å². The largest absolute Gasteiger partial charge is 0.382 e. The molecular formula is C23H26N3O6PS. The maximum Gasteiger partial charge on any atom is 0.348 e. The number of sulfone groups is 1. The molecule has 2 N–H and O–H groups in total. The second kappa shape index (κ2) is 10.1. The summed E-state index contributed by atoms with van der Waals surface area (Å²) in [5, 5.41) is 0. The van der Waals surface area contributed by atoms with Gasteiger partial charge in [0.25, 0.3) is 0 Å².